The molecule has 190 valence electrons. The van der Waals surface area contributed by atoms with Crippen molar-refractivity contribution in [2.45, 2.75) is 39.3 Å². The van der Waals surface area contributed by atoms with E-state index in [0.717, 1.165) is 5.56 Å². The van der Waals surface area contributed by atoms with Gasteiger partial charge in [0.1, 0.15) is 6.04 Å². The van der Waals surface area contributed by atoms with Crippen LogP contribution in [0.2, 0.25) is 0 Å². The molecule has 12 nitrogen and oxygen atoms in total. The fraction of sp³-hybridized carbons (Fsp3) is 0.292. The number of alkyl carbamates (subject to hydrolysis) is 1. The molecule has 0 aliphatic rings. The minimum absolute atomic E-state index is 0.0744. The second kappa shape index (κ2) is 12.2. The Morgan fingerprint density at radius 2 is 1.83 bits per heavy atom. The summed E-state index contributed by atoms with van der Waals surface area (Å²) in [5, 5.41) is 11.9. The summed E-state index contributed by atoms with van der Waals surface area (Å²) in [5.74, 6) is -0.720. The Kier molecular flexibility index (Phi) is 8.81. The Balaban J connectivity index is 1.62. The van der Waals surface area contributed by atoms with Gasteiger partial charge in [0, 0.05) is 23.4 Å². The van der Waals surface area contributed by atoms with Crippen LogP contribution in [0.1, 0.15) is 36.7 Å². The highest BCUT2D eigenvalue weighted by molar-refractivity contribution is 6.04. The first-order valence-corrected chi connectivity index (χ1v) is 11.2. The van der Waals surface area contributed by atoms with Crippen molar-refractivity contribution in [3.05, 3.63) is 59.7 Å². The third-order valence-electron chi connectivity index (χ3n) is 4.68. The first-order valence-electron chi connectivity index (χ1n) is 11.2. The standard InChI is InChI=1S/C24H28N6O6/c1-4-34-21(32)19(28-24(33)35-14(2)3)12-15-8-10-17(11-9-15)26-20(31)16-6-5-7-18(13-16)27-23-29-22(25)36-30-23/h5-11,13-14,19H,4,12H2,1-3H3,(H,26,31)(H,28,33)(H3,25,27,29,30). The fourth-order valence-electron chi connectivity index (χ4n) is 3.14. The van der Waals surface area contributed by atoms with Crippen LogP contribution in [0.3, 0.4) is 0 Å². The molecule has 0 aliphatic heterocycles. The number of benzene rings is 2. The fourth-order valence-corrected chi connectivity index (χ4v) is 3.14. The zero-order valence-corrected chi connectivity index (χ0v) is 20.1. The van der Waals surface area contributed by atoms with Gasteiger partial charge in [-0.05, 0) is 61.8 Å². The second-order valence-corrected chi connectivity index (χ2v) is 7.92. The molecule has 0 bridgehead atoms. The van der Waals surface area contributed by atoms with E-state index in [0.29, 0.717) is 16.9 Å². The summed E-state index contributed by atoms with van der Waals surface area (Å²) in [6.45, 7) is 5.29. The largest absolute Gasteiger partial charge is 0.464 e. The molecule has 5 N–H and O–H groups in total. The third-order valence-corrected chi connectivity index (χ3v) is 4.68. The number of esters is 1. The highest BCUT2D eigenvalue weighted by Crippen LogP contribution is 2.18. The summed E-state index contributed by atoms with van der Waals surface area (Å²) >= 11 is 0. The number of hydrogen-bond acceptors (Lipinski definition) is 10. The predicted octanol–water partition coefficient (Wildman–Crippen LogP) is 3.26. The van der Waals surface area contributed by atoms with E-state index in [1.807, 2.05) is 0 Å². The highest BCUT2D eigenvalue weighted by atomic mass is 16.6. The lowest BCUT2D eigenvalue weighted by atomic mass is 10.1. The van der Waals surface area contributed by atoms with Crippen LogP contribution in [0.5, 0.6) is 0 Å². The second-order valence-electron chi connectivity index (χ2n) is 7.92. The van der Waals surface area contributed by atoms with Crippen LogP contribution in [0.15, 0.2) is 53.1 Å². The highest BCUT2D eigenvalue weighted by Gasteiger charge is 2.23. The maximum absolute atomic E-state index is 12.7. The molecule has 1 heterocycles. The molecular weight excluding hydrogens is 468 g/mol. The van der Waals surface area contributed by atoms with Crippen LogP contribution in [0.25, 0.3) is 0 Å². The van der Waals surface area contributed by atoms with Gasteiger partial charge < -0.3 is 35.7 Å². The quantitative estimate of drug-likeness (QED) is 0.305. The lowest BCUT2D eigenvalue weighted by Crippen LogP contribution is -2.44. The van der Waals surface area contributed by atoms with Crippen molar-refractivity contribution in [1.29, 1.82) is 0 Å². The van der Waals surface area contributed by atoms with E-state index < -0.39 is 18.1 Å². The third kappa shape index (κ3) is 7.72. The molecule has 0 saturated carbocycles. The Bertz CT molecular complexity index is 1190. The molecular formula is C24H28N6O6. The van der Waals surface area contributed by atoms with E-state index in [1.54, 1.807) is 69.3 Å². The van der Waals surface area contributed by atoms with E-state index in [9.17, 15) is 14.4 Å². The first-order chi connectivity index (χ1) is 17.2. The number of anilines is 4. The SMILES string of the molecule is CCOC(=O)C(Cc1ccc(NC(=O)c2cccc(Nc3noc(N)n3)c2)cc1)NC(=O)OC(C)C. The molecule has 0 saturated heterocycles. The molecule has 0 radical (unpaired) electrons. The summed E-state index contributed by atoms with van der Waals surface area (Å²) in [4.78, 5) is 40.9. The van der Waals surface area contributed by atoms with Gasteiger partial charge in [-0.25, -0.2) is 9.59 Å². The first kappa shape index (κ1) is 26.0. The van der Waals surface area contributed by atoms with Crippen molar-refractivity contribution in [3.63, 3.8) is 0 Å². The minimum atomic E-state index is -0.915. The lowest BCUT2D eigenvalue weighted by molar-refractivity contribution is -0.145. The zero-order valence-electron chi connectivity index (χ0n) is 20.1. The molecule has 1 unspecified atom stereocenters. The normalized spacial score (nSPS) is 11.4. The number of hydrogen-bond donors (Lipinski definition) is 4. The van der Waals surface area contributed by atoms with Gasteiger partial charge in [-0.2, -0.15) is 4.98 Å². The predicted molar refractivity (Wildman–Crippen MR) is 132 cm³/mol. The molecule has 12 heteroatoms. The lowest BCUT2D eigenvalue weighted by Gasteiger charge is -2.18. The van der Waals surface area contributed by atoms with Crippen molar-refractivity contribution in [2.24, 2.45) is 0 Å². The smallest absolute Gasteiger partial charge is 0.408 e. The van der Waals surface area contributed by atoms with Crippen molar-refractivity contribution < 1.29 is 28.4 Å². The van der Waals surface area contributed by atoms with E-state index >= 15 is 0 Å². The number of amides is 2. The maximum atomic E-state index is 12.7. The van der Waals surface area contributed by atoms with Gasteiger partial charge in [0.25, 0.3) is 11.9 Å². The molecule has 3 aromatic rings. The van der Waals surface area contributed by atoms with E-state index in [-0.39, 0.29) is 37.0 Å². The number of ether oxygens (including phenoxy) is 2. The Morgan fingerprint density at radius 1 is 1.08 bits per heavy atom. The molecule has 0 aliphatic carbocycles. The number of nitrogens with one attached hydrogen (secondary N) is 3. The van der Waals surface area contributed by atoms with Crippen LogP contribution in [-0.2, 0) is 20.7 Å². The molecule has 2 amide bonds. The molecule has 2 aromatic carbocycles. The number of carbonyl (C=O) groups is 3. The molecule has 1 atom stereocenters. The average Bonchev–Trinajstić information content (AvgIpc) is 3.24. The van der Waals surface area contributed by atoms with Crippen LogP contribution >= 0.6 is 0 Å². The Morgan fingerprint density at radius 3 is 2.47 bits per heavy atom. The van der Waals surface area contributed by atoms with Crippen molar-refractivity contribution in [2.75, 3.05) is 23.0 Å². The van der Waals surface area contributed by atoms with Crippen LogP contribution < -0.4 is 21.7 Å². The number of aromatic nitrogens is 2. The van der Waals surface area contributed by atoms with Gasteiger partial charge in [0.15, 0.2) is 0 Å². The van der Waals surface area contributed by atoms with Crippen molar-refractivity contribution in [3.8, 4) is 0 Å². The summed E-state index contributed by atoms with van der Waals surface area (Å²) < 4.78 is 14.8. The summed E-state index contributed by atoms with van der Waals surface area (Å²) in [6.07, 6.45) is -0.842. The van der Waals surface area contributed by atoms with Gasteiger partial charge in [-0.1, -0.05) is 18.2 Å². The maximum Gasteiger partial charge on any atom is 0.408 e. The molecule has 3 rings (SSSR count). The molecule has 1 aromatic heterocycles. The average molecular weight is 497 g/mol. The van der Waals surface area contributed by atoms with E-state index in [4.69, 9.17) is 19.7 Å². The van der Waals surface area contributed by atoms with Gasteiger partial charge >= 0.3 is 18.1 Å². The topological polar surface area (TPSA) is 171 Å². The number of nitrogen functional groups attached to an aromatic ring is 1. The summed E-state index contributed by atoms with van der Waals surface area (Å²) in [5.41, 5.74) is 7.68. The number of nitrogens with two attached hydrogens (primary N) is 1. The van der Waals surface area contributed by atoms with E-state index in [1.165, 1.54) is 0 Å². The van der Waals surface area contributed by atoms with Crippen LogP contribution in [0, 0.1) is 0 Å². The van der Waals surface area contributed by atoms with Gasteiger partial charge in [-0.3, -0.25) is 4.79 Å². The van der Waals surface area contributed by atoms with Crippen molar-refractivity contribution >= 4 is 41.3 Å². The number of carbonyl (C=O) groups excluding carboxylic acids is 3. The zero-order chi connectivity index (χ0) is 26.1. The molecule has 0 fully saturated rings. The Hall–Kier alpha value is -4.61. The van der Waals surface area contributed by atoms with Gasteiger partial charge in [0.2, 0.25) is 0 Å². The summed E-state index contributed by atoms with van der Waals surface area (Å²) in [6, 6.07) is 12.6. The molecule has 0 spiro atoms. The van der Waals surface area contributed by atoms with Gasteiger partial charge in [0.05, 0.1) is 12.7 Å². The van der Waals surface area contributed by atoms with E-state index in [2.05, 4.69) is 26.1 Å². The Labute approximate surface area is 207 Å². The monoisotopic (exact) mass is 496 g/mol. The van der Waals surface area contributed by atoms with Crippen molar-refractivity contribution in [1.82, 2.24) is 15.5 Å². The molecule has 36 heavy (non-hydrogen) atoms. The van der Waals surface area contributed by atoms with Crippen LogP contribution in [-0.4, -0.2) is 46.9 Å². The summed E-state index contributed by atoms with van der Waals surface area (Å²) in [7, 11) is 0. The van der Waals surface area contributed by atoms with Gasteiger partial charge in [-0.15, -0.1) is 0 Å². The number of nitrogens with zero attached hydrogens (tertiary/aromatic N) is 2. The number of rotatable bonds is 10. The minimum Gasteiger partial charge on any atom is -0.464 e. The van der Waals surface area contributed by atoms with Crippen LogP contribution in [0.4, 0.5) is 28.1 Å².